The summed E-state index contributed by atoms with van der Waals surface area (Å²) in [6, 6.07) is 2.57. The second-order valence-corrected chi connectivity index (χ2v) is 6.89. The van der Waals surface area contributed by atoms with Crippen molar-refractivity contribution >= 4 is 17.0 Å². The lowest BCUT2D eigenvalue weighted by atomic mass is 10.1. The van der Waals surface area contributed by atoms with Gasteiger partial charge >= 0.3 is 5.97 Å². The van der Waals surface area contributed by atoms with Gasteiger partial charge in [0.2, 0.25) is 0 Å². The largest absolute Gasteiger partial charge is 0.478 e. The minimum atomic E-state index is -1.13. The number of carbonyl (C=O) groups is 1. The lowest BCUT2D eigenvalue weighted by Crippen LogP contribution is -2.34. The highest BCUT2D eigenvalue weighted by Crippen LogP contribution is 2.26. The van der Waals surface area contributed by atoms with E-state index in [0.29, 0.717) is 18.6 Å². The fraction of sp³-hybridized carbons (Fsp3) is 0.556. The second-order valence-electron chi connectivity index (χ2n) is 6.89. The zero-order valence-electron chi connectivity index (χ0n) is 14.1. The maximum Gasteiger partial charge on any atom is 0.335 e. The molecule has 0 saturated carbocycles. The number of imidazole rings is 1. The predicted octanol–water partition coefficient (Wildman–Crippen LogP) is 2.65. The van der Waals surface area contributed by atoms with Crippen LogP contribution in [0.3, 0.4) is 0 Å². The van der Waals surface area contributed by atoms with E-state index in [-0.39, 0.29) is 17.2 Å². The molecule has 2 saturated heterocycles. The normalized spacial score (nSPS) is 21.4. The Morgan fingerprint density at radius 1 is 1.32 bits per heavy atom. The van der Waals surface area contributed by atoms with E-state index in [2.05, 4.69) is 9.88 Å². The van der Waals surface area contributed by atoms with E-state index >= 15 is 0 Å². The molecule has 1 N–H and O–H groups in total. The third kappa shape index (κ3) is 3.26. The first kappa shape index (κ1) is 16.5. The molecule has 1 atom stereocenters. The second kappa shape index (κ2) is 6.72. The van der Waals surface area contributed by atoms with Crippen molar-refractivity contribution in [1.82, 2.24) is 14.5 Å². The van der Waals surface area contributed by atoms with Gasteiger partial charge in [0.15, 0.2) is 5.82 Å². The molecule has 2 aliphatic rings. The molecule has 0 unspecified atom stereocenters. The highest BCUT2D eigenvalue weighted by Gasteiger charge is 2.25. The third-order valence-electron chi connectivity index (χ3n) is 5.13. The molecule has 0 spiro atoms. The van der Waals surface area contributed by atoms with E-state index in [1.165, 1.54) is 25.3 Å². The van der Waals surface area contributed by atoms with Crippen molar-refractivity contribution in [2.75, 3.05) is 19.7 Å². The summed E-state index contributed by atoms with van der Waals surface area (Å²) < 4.78 is 21.9. The van der Waals surface area contributed by atoms with E-state index in [1.54, 1.807) is 0 Å². The summed E-state index contributed by atoms with van der Waals surface area (Å²) in [4.78, 5) is 18.1. The number of fused-ring (bicyclic) bond motifs is 1. The summed E-state index contributed by atoms with van der Waals surface area (Å²) in [5, 5.41) is 9.24. The summed E-state index contributed by atoms with van der Waals surface area (Å²) in [7, 11) is 0. The van der Waals surface area contributed by atoms with Crippen LogP contribution in [0.4, 0.5) is 4.39 Å². The first-order valence-electron chi connectivity index (χ1n) is 8.88. The molecular weight excluding hydrogens is 325 g/mol. The number of aromatic carboxylic acids is 1. The standard InChI is InChI=1S/C18H22FN3O3/c19-14-8-12(18(23)24)9-15-17(14)20-16(11-21-5-2-1-3-6-21)22(15)10-13-4-7-25-13/h8-9,13H,1-7,10-11H2,(H,23,24)/t13-/m0/s1. The number of halogens is 1. The lowest BCUT2D eigenvalue weighted by Gasteiger charge is -2.29. The first-order valence-corrected chi connectivity index (χ1v) is 8.88. The Morgan fingerprint density at radius 2 is 2.08 bits per heavy atom. The minimum absolute atomic E-state index is 0.0507. The van der Waals surface area contributed by atoms with Gasteiger partial charge < -0.3 is 14.4 Å². The monoisotopic (exact) mass is 347 g/mol. The van der Waals surface area contributed by atoms with E-state index in [9.17, 15) is 14.3 Å². The Balaban J connectivity index is 1.74. The molecule has 0 bridgehead atoms. The van der Waals surface area contributed by atoms with Crippen LogP contribution in [0, 0.1) is 5.82 Å². The number of piperidine rings is 1. The highest BCUT2D eigenvalue weighted by atomic mass is 19.1. The molecular formula is C18H22FN3O3. The van der Waals surface area contributed by atoms with Gasteiger partial charge in [-0.15, -0.1) is 0 Å². The van der Waals surface area contributed by atoms with Gasteiger partial charge in [0.25, 0.3) is 0 Å². The number of likely N-dealkylation sites (tertiary alicyclic amines) is 1. The van der Waals surface area contributed by atoms with Gasteiger partial charge in [-0.1, -0.05) is 6.42 Å². The van der Waals surface area contributed by atoms with Crippen molar-refractivity contribution in [1.29, 1.82) is 0 Å². The van der Waals surface area contributed by atoms with Crippen LogP contribution in [-0.4, -0.2) is 51.3 Å². The van der Waals surface area contributed by atoms with E-state index in [4.69, 9.17) is 4.74 Å². The Hall–Kier alpha value is -1.99. The average Bonchev–Trinajstić information content (AvgIpc) is 2.90. The zero-order valence-corrected chi connectivity index (χ0v) is 14.1. The van der Waals surface area contributed by atoms with Crippen molar-refractivity contribution in [2.24, 2.45) is 0 Å². The van der Waals surface area contributed by atoms with Crippen LogP contribution < -0.4 is 0 Å². The number of benzene rings is 1. The summed E-state index contributed by atoms with van der Waals surface area (Å²) in [6.07, 6.45) is 4.64. The van der Waals surface area contributed by atoms with Crippen LogP contribution in [0.25, 0.3) is 11.0 Å². The molecule has 1 aromatic carbocycles. The molecule has 0 radical (unpaired) electrons. The van der Waals surface area contributed by atoms with Crippen molar-refractivity contribution < 1.29 is 19.0 Å². The molecule has 0 amide bonds. The fourth-order valence-corrected chi connectivity index (χ4v) is 3.63. The van der Waals surface area contributed by atoms with Gasteiger partial charge in [0, 0.05) is 6.61 Å². The van der Waals surface area contributed by atoms with Crippen molar-refractivity contribution in [3.8, 4) is 0 Å². The molecule has 2 aromatic rings. The number of nitrogens with zero attached hydrogens (tertiary/aromatic N) is 3. The summed E-state index contributed by atoms with van der Waals surface area (Å²) in [5.74, 6) is -0.928. The Labute approximate surface area is 145 Å². The average molecular weight is 347 g/mol. The fourth-order valence-electron chi connectivity index (χ4n) is 3.63. The maximum absolute atomic E-state index is 14.4. The number of carboxylic acid groups (broad SMARTS) is 1. The Kier molecular flexibility index (Phi) is 4.43. The molecule has 7 heteroatoms. The molecule has 2 fully saturated rings. The maximum atomic E-state index is 14.4. The molecule has 6 nitrogen and oxygen atoms in total. The van der Waals surface area contributed by atoms with Gasteiger partial charge in [-0.3, -0.25) is 4.90 Å². The number of aromatic nitrogens is 2. The third-order valence-corrected chi connectivity index (χ3v) is 5.13. The van der Waals surface area contributed by atoms with Crippen molar-refractivity contribution in [3.05, 3.63) is 29.3 Å². The lowest BCUT2D eigenvalue weighted by molar-refractivity contribution is -0.0592. The van der Waals surface area contributed by atoms with Gasteiger partial charge in [0.05, 0.1) is 30.3 Å². The summed E-state index contributed by atoms with van der Waals surface area (Å²) >= 11 is 0. The van der Waals surface area contributed by atoms with Crippen molar-refractivity contribution in [3.63, 3.8) is 0 Å². The number of hydrogen-bond acceptors (Lipinski definition) is 4. The van der Waals surface area contributed by atoms with Crippen LogP contribution in [0.1, 0.15) is 41.9 Å². The smallest absolute Gasteiger partial charge is 0.335 e. The van der Waals surface area contributed by atoms with Gasteiger partial charge in [-0.05, 0) is 44.5 Å². The Morgan fingerprint density at radius 3 is 2.72 bits per heavy atom. The minimum Gasteiger partial charge on any atom is -0.478 e. The van der Waals surface area contributed by atoms with Gasteiger partial charge in [-0.25, -0.2) is 14.2 Å². The van der Waals surface area contributed by atoms with E-state index in [1.807, 2.05) is 4.57 Å². The van der Waals surface area contributed by atoms with Gasteiger partial charge in [-0.2, -0.15) is 0 Å². The molecule has 1 aromatic heterocycles. The van der Waals surface area contributed by atoms with Crippen LogP contribution >= 0.6 is 0 Å². The number of rotatable bonds is 5. The van der Waals surface area contributed by atoms with Crippen LogP contribution in [0.2, 0.25) is 0 Å². The molecule has 2 aliphatic heterocycles. The highest BCUT2D eigenvalue weighted by molar-refractivity contribution is 5.92. The first-order chi connectivity index (χ1) is 12.1. The molecule has 3 heterocycles. The van der Waals surface area contributed by atoms with Crippen LogP contribution in [0.5, 0.6) is 0 Å². The number of carboxylic acids is 1. The molecule has 25 heavy (non-hydrogen) atoms. The number of hydrogen-bond donors (Lipinski definition) is 1. The van der Waals surface area contributed by atoms with E-state index < -0.39 is 11.8 Å². The Bertz CT molecular complexity index is 794. The molecule has 4 rings (SSSR count). The topological polar surface area (TPSA) is 67.6 Å². The molecule has 0 aliphatic carbocycles. The van der Waals surface area contributed by atoms with Crippen LogP contribution in [-0.2, 0) is 17.8 Å². The summed E-state index contributed by atoms with van der Waals surface area (Å²) in [5.41, 5.74) is 0.737. The zero-order chi connectivity index (χ0) is 17.4. The van der Waals surface area contributed by atoms with E-state index in [0.717, 1.165) is 38.0 Å². The van der Waals surface area contributed by atoms with Crippen molar-refractivity contribution in [2.45, 2.75) is 44.9 Å². The summed E-state index contributed by atoms with van der Waals surface area (Å²) in [6.45, 7) is 4.02. The SMILES string of the molecule is O=C(O)c1cc(F)c2nc(CN3CCCCC3)n(C[C@@H]3CCO3)c2c1. The predicted molar refractivity (Wildman–Crippen MR) is 90.1 cm³/mol. The van der Waals surface area contributed by atoms with Gasteiger partial charge in [0.1, 0.15) is 11.3 Å². The molecule has 134 valence electrons. The number of ether oxygens (including phenoxy) is 1. The quantitative estimate of drug-likeness (QED) is 0.901. The van der Waals surface area contributed by atoms with Crippen LogP contribution in [0.15, 0.2) is 12.1 Å².